The predicted molar refractivity (Wildman–Crippen MR) is 77.4 cm³/mol. The third-order valence-corrected chi connectivity index (χ3v) is 3.91. The van der Waals surface area contributed by atoms with Crippen LogP contribution in [0.25, 0.3) is 0 Å². The summed E-state index contributed by atoms with van der Waals surface area (Å²) in [7, 11) is 0. The van der Waals surface area contributed by atoms with Gasteiger partial charge >= 0.3 is 0 Å². The van der Waals surface area contributed by atoms with Gasteiger partial charge < -0.3 is 5.73 Å². The van der Waals surface area contributed by atoms with Gasteiger partial charge in [-0.1, -0.05) is 50.6 Å². The van der Waals surface area contributed by atoms with Crippen LogP contribution in [0.15, 0.2) is 30.3 Å². The molecule has 0 aliphatic carbocycles. The summed E-state index contributed by atoms with van der Waals surface area (Å²) in [5, 5.41) is 0. The number of piperidine rings is 1. The van der Waals surface area contributed by atoms with Crippen molar-refractivity contribution in [2.45, 2.75) is 45.2 Å². The first-order valence-corrected chi connectivity index (χ1v) is 7.25. The summed E-state index contributed by atoms with van der Waals surface area (Å²) < 4.78 is 0. The number of likely N-dealkylation sites (tertiary alicyclic amines) is 1. The quantitative estimate of drug-likeness (QED) is 0.884. The smallest absolute Gasteiger partial charge is 0.0348 e. The highest BCUT2D eigenvalue weighted by Gasteiger charge is 2.27. The van der Waals surface area contributed by atoms with E-state index in [0.717, 1.165) is 12.5 Å². The van der Waals surface area contributed by atoms with E-state index in [1.165, 1.54) is 31.4 Å². The van der Waals surface area contributed by atoms with Crippen LogP contribution in [0.5, 0.6) is 0 Å². The van der Waals surface area contributed by atoms with Gasteiger partial charge in [-0.05, 0) is 24.3 Å². The largest absolute Gasteiger partial charge is 0.327 e. The lowest BCUT2D eigenvalue weighted by Crippen LogP contribution is -2.47. The first-order valence-electron chi connectivity index (χ1n) is 7.25. The fourth-order valence-corrected chi connectivity index (χ4v) is 3.21. The molecule has 18 heavy (non-hydrogen) atoms. The second-order valence-corrected chi connectivity index (χ2v) is 5.77. The number of hydrogen-bond acceptors (Lipinski definition) is 2. The Morgan fingerprint density at radius 1 is 1.28 bits per heavy atom. The van der Waals surface area contributed by atoms with Crippen LogP contribution in [0.3, 0.4) is 0 Å². The molecule has 2 nitrogen and oxygen atoms in total. The Kier molecular flexibility index (Phi) is 4.79. The second-order valence-electron chi connectivity index (χ2n) is 5.77. The van der Waals surface area contributed by atoms with Crippen molar-refractivity contribution in [2.75, 3.05) is 13.1 Å². The van der Waals surface area contributed by atoms with E-state index < -0.39 is 0 Å². The van der Waals surface area contributed by atoms with Gasteiger partial charge in [-0.25, -0.2) is 0 Å². The van der Waals surface area contributed by atoms with Crippen molar-refractivity contribution in [3.8, 4) is 0 Å². The maximum Gasteiger partial charge on any atom is 0.0348 e. The van der Waals surface area contributed by atoms with Crippen LogP contribution in [0, 0.1) is 5.92 Å². The lowest BCUT2D eigenvalue weighted by molar-refractivity contribution is 0.109. The monoisotopic (exact) mass is 246 g/mol. The van der Waals surface area contributed by atoms with Gasteiger partial charge in [0.25, 0.3) is 0 Å². The zero-order valence-corrected chi connectivity index (χ0v) is 11.7. The van der Waals surface area contributed by atoms with Gasteiger partial charge in [0.15, 0.2) is 0 Å². The van der Waals surface area contributed by atoms with Crippen molar-refractivity contribution < 1.29 is 0 Å². The van der Waals surface area contributed by atoms with Crippen molar-refractivity contribution >= 4 is 0 Å². The summed E-state index contributed by atoms with van der Waals surface area (Å²) in [4.78, 5) is 2.59. The number of nitrogens with zero attached hydrogens (tertiary/aromatic N) is 1. The average molecular weight is 246 g/mol. The summed E-state index contributed by atoms with van der Waals surface area (Å²) in [5.74, 6) is 0.719. The third kappa shape index (κ3) is 3.33. The fraction of sp³-hybridized carbons (Fsp3) is 0.625. The SMILES string of the molecule is CCCC(c1ccccc1)N1CC(C)CC(N)C1. The van der Waals surface area contributed by atoms with Crippen LogP contribution in [-0.4, -0.2) is 24.0 Å². The molecule has 1 heterocycles. The van der Waals surface area contributed by atoms with Crippen LogP contribution in [-0.2, 0) is 0 Å². The Bertz CT molecular complexity index is 339. The fourth-order valence-electron chi connectivity index (χ4n) is 3.21. The highest BCUT2D eigenvalue weighted by Crippen LogP contribution is 2.29. The Balaban J connectivity index is 2.14. The molecule has 3 unspecified atom stereocenters. The van der Waals surface area contributed by atoms with Crippen LogP contribution in [0.2, 0.25) is 0 Å². The van der Waals surface area contributed by atoms with Crippen molar-refractivity contribution in [1.82, 2.24) is 4.90 Å². The van der Waals surface area contributed by atoms with Crippen LogP contribution < -0.4 is 5.73 Å². The Morgan fingerprint density at radius 3 is 2.61 bits per heavy atom. The van der Waals surface area contributed by atoms with Crippen LogP contribution >= 0.6 is 0 Å². The van der Waals surface area contributed by atoms with Crippen molar-refractivity contribution in [3.05, 3.63) is 35.9 Å². The molecule has 0 amide bonds. The molecule has 1 aromatic carbocycles. The zero-order chi connectivity index (χ0) is 13.0. The maximum absolute atomic E-state index is 6.19. The lowest BCUT2D eigenvalue weighted by Gasteiger charge is -2.40. The summed E-state index contributed by atoms with van der Waals surface area (Å²) >= 11 is 0. The Labute approximate surface area is 111 Å². The summed E-state index contributed by atoms with van der Waals surface area (Å²) in [6.45, 7) is 6.82. The molecule has 2 heteroatoms. The molecule has 2 N–H and O–H groups in total. The first kappa shape index (κ1) is 13.6. The lowest BCUT2D eigenvalue weighted by atomic mass is 9.92. The minimum atomic E-state index is 0.344. The minimum Gasteiger partial charge on any atom is -0.327 e. The molecular formula is C16H26N2. The van der Waals surface area contributed by atoms with E-state index in [0.29, 0.717) is 12.1 Å². The first-order chi connectivity index (χ1) is 8.70. The molecule has 2 rings (SSSR count). The van der Waals surface area contributed by atoms with Crippen molar-refractivity contribution in [2.24, 2.45) is 11.7 Å². The Morgan fingerprint density at radius 2 is 2.00 bits per heavy atom. The Hall–Kier alpha value is -0.860. The van der Waals surface area contributed by atoms with Gasteiger partial charge in [0.05, 0.1) is 0 Å². The second kappa shape index (κ2) is 6.35. The zero-order valence-electron chi connectivity index (χ0n) is 11.7. The molecule has 1 aliphatic rings. The van der Waals surface area contributed by atoms with E-state index >= 15 is 0 Å². The van der Waals surface area contributed by atoms with E-state index in [-0.39, 0.29) is 0 Å². The molecular weight excluding hydrogens is 220 g/mol. The summed E-state index contributed by atoms with van der Waals surface area (Å²) in [6.07, 6.45) is 3.62. The van der Waals surface area contributed by atoms with Crippen LogP contribution in [0.4, 0.5) is 0 Å². The van der Waals surface area contributed by atoms with E-state index in [1.54, 1.807) is 0 Å². The van der Waals surface area contributed by atoms with Gasteiger partial charge in [-0.2, -0.15) is 0 Å². The van der Waals surface area contributed by atoms with E-state index in [9.17, 15) is 0 Å². The number of nitrogens with two attached hydrogens (primary N) is 1. The topological polar surface area (TPSA) is 29.3 Å². The van der Waals surface area contributed by atoms with Gasteiger partial charge in [0, 0.05) is 25.2 Å². The van der Waals surface area contributed by atoms with Gasteiger partial charge in [-0.15, -0.1) is 0 Å². The molecule has 1 aromatic rings. The molecule has 3 atom stereocenters. The number of rotatable bonds is 4. The highest BCUT2D eigenvalue weighted by atomic mass is 15.2. The third-order valence-electron chi connectivity index (χ3n) is 3.91. The summed E-state index contributed by atoms with van der Waals surface area (Å²) in [5.41, 5.74) is 7.63. The van der Waals surface area contributed by atoms with E-state index in [4.69, 9.17) is 5.73 Å². The van der Waals surface area contributed by atoms with Gasteiger partial charge in [-0.3, -0.25) is 4.90 Å². The highest BCUT2D eigenvalue weighted by molar-refractivity contribution is 5.19. The standard InChI is InChI=1S/C16H26N2/c1-3-7-16(14-8-5-4-6-9-14)18-11-13(2)10-15(17)12-18/h4-6,8-9,13,15-16H,3,7,10-12,17H2,1-2H3. The van der Waals surface area contributed by atoms with Crippen molar-refractivity contribution in [1.29, 1.82) is 0 Å². The molecule has 100 valence electrons. The van der Waals surface area contributed by atoms with Crippen LogP contribution in [0.1, 0.15) is 44.7 Å². The molecule has 1 fully saturated rings. The molecule has 0 bridgehead atoms. The summed E-state index contributed by atoms with van der Waals surface area (Å²) in [6, 6.07) is 11.8. The normalized spacial score (nSPS) is 27.1. The molecule has 1 saturated heterocycles. The molecule has 1 aliphatic heterocycles. The molecule has 0 spiro atoms. The molecule has 0 radical (unpaired) electrons. The van der Waals surface area contributed by atoms with Gasteiger partial charge in [0.2, 0.25) is 0 Å². The van der Waals surface area contributed by atoms with E-state index in [2.05, 4.69) is 49.1 Å². The molecule has 0 aromatic heterocycles. The minimum absolute atomic E-state index is 0.344. The predicted octanol–water partition coefficient (Wildman–Crippen LogP) is 3.20. The number of hydrogen-bond donors (Lipinski definition) is 1. The average Bonchev–Trinajstić information content (AvgIpc) is 2.36. The maximum atomic E-state index is 6.19. The van der Waals surface area contributed by atoms with E-state index in [1.807, 2.05) is 0 Å². The van der Waals surface area contributed by atoms with Gasteiger partial charge in [0.1, 0.15) is 0 Å². The number of benzene rings is 1. The van der Waals surface area contributed by atoms with Crippen molar-refractivity contribution in [3.63, 3.8) is 0 Å². The molecule has 0 saturated carbocycles.